The maximum atomic E-state index is 14.0. The molecule has 0 spiro atoms. The minimum absolute atomic E-state index is 0.154. The Kier molecular flexibility index (Phi) is 9.15. The van der Waals surface area contributed by atoms with Crippen molar-refractivity contribution in [2.24, 2.45) is 22.2 Å². The van der Waals surface area contributed by atoms with Gasteiger partial charge in [-0.05, 0) is 76.7 Å². The molecule has 4 rings (SSSR count). The van der Waals surface area contributed by atoms with E-state index in [2.05, 4.69) is 47.3 Å². The van der Waals surface area contributed by atoms with Crippen LogP contribution in [0.25, 0.3) is 0 Å². The molecule has 2 amide bonds. The average molecular weight is 543 g/mol. The summed E-state index contributed by atoms with van der Waals surface area (Å²) in [6.07, 6.45) is 10.2. The number of nitriles is 1. The van der Waals surface area contributed by atoms with Crippen LogP contribution in [-0.2, 0) is 9.53 Å². The lowest BCUT2D eigenvalue weighted by Gasteiger charge is -2.44. The molecule has 9 heteroatoms. The number of fused-ring (bicyclic) bond motifs is 2. The topological polar surface area (TPSA) is 110 Å². The molecule has 2 heterocycles. The first kappa shape index (κ1) is 29.6. The molecular weight excluding hydrogens is 492 g/mol. The highest BCUT2D eigenvalue weighted by molar-refractivity contribution is 5.96. The Balaban J connectivity index is 1.65. The van der Waals surface area contributed by atoms with E-state index < -0.39 is 17.7 Å². The lowest BCUT2D eigenvalue weighted by molar-refractivity contribution is -0.124. The first-order valence-electron chi connectivity index (χ1n) is 15.2. The molecule has 0 aromatic rings. The van der Waals surface area contributed by atoms with Gasteiger partial charge in [-0.25, -0.2) is 9.79 Å². The summed E-state index contributed by atoms with van der Waals surface area (Å²) < 4.78 is 5.27. The summed E-state index contributed by atoms with van der Waals surface area (Å²) in [6, 6.07) is 1.75. The number of nitrogens with one attached hydrogen (secondary N) is 2. The van der Waals surface area contributed by atoms with E-state index in [4.69, 9.17) is 9.73 Å². The van der Waals surface area contributed by atoms with Crippen LogP contribution in [-0.4, -0.2) is 78.2 Å². The van der Waals surface area contributed by atoms with Gasteiger partial charge in [0.25, 0.3) is 0 Å². The number of hydrogen-bond donors (Lipinski definition) is 2. The monoisotopic (exact) mass is 542 g/mol. The van der Waals surface area contributed by atoms with E-state index in [1.54, 1.807) is 6.92 Å². The highest BCUT2D eigenvalue weighted by atomic mass is 16.5. The lowest BCUT2D eigenvalue weighted by Crippen LogP contribution is -2.57. The van der Waals surface area contributed by atoms with Crippen LogP contribution in [0.3, 0.4) is 0 Å². The van der Waals surface area contributed by atoms with Gasteiger partial charge in [-0.2, -0.15) is 5.26 Å². The molecule has 4 aliphatic rings. The Morgan fingerprint density at radius 1 is 1.13 bits per heavy atom. The van der Waals surface area contributed by atoms with Gasteiger partial charge in [-0.3, -0.25) is 10.1 Å². The van der Waals surface area contributed by atoms with Crippen LogP contribution in [0.4, 0.5) is 4.79 Å². The van der Waals surface area contributed by atoms with Gasteiger partial charge in [0.15, 0.2) is 0 Å². The molecule has 0 radical (unpaired) electrons. The van der Waals surface area contributed by atoms with Gasteiger partial charge in [0.2, 0.25) is 11.9 Å². The van der Waals surface area contributed by atoms with Crippen LogP contribution < -0.4 is 10.6 Å². The number of ether oxygens (including phenoxy) is 1. The van der Waals surface area contributed by atoms with Crippen molar-refractivity contribution in [1.29, 1.82) is 5.26 Å². The summed E-state index contributed by atoms with van der Waals surface area (Å²) in [4.78, 5) is 36.2. The van der Waals surface area contributed by atoms with Crippen molar-refractivity contribution in [2.75, 3.05) is 33.3 Å². The van der Waals surface area contributed by atoms with Crippen molar-refractivity contribution in [3.63, 3.8) is 0 Å². The quantitative estimate of drug-likeness (QED) is 0.380. The van der Waals surface area contributed by atoms with Gasteiger partial charge in [0, 0.05) is 25.2 Å². The zero-order valence-corrected chi connectivity index (χ0v) is 24.9. The van der Waals surface area contributed by atoms with Crippen molar-refractivity contribution >= 4 is 18.0 Å². The van der Waals surface area contributed by atoms with E-state index in [0.29, 0.717) is 37.1 Å². The van der Waals surface area contributed by atoms with Gasteiger partial charge in [0.1, 0.15) is 11.6 Å². The van der Waals surface area contributed by atoms with E-state index in [1.165, 1.54) is 19.3 Å². The van der Waals surface area contributed by atoms with Crippen molar-refractivity contribution in [3.05, 3.63) is 0 Å². The van der Waals surface area contributed by atoms with Crippen LogP contribution >= 0.6 is 0 Å². The van der Waals surface area contributed by atoms with Gasteiger partial charge < -0.3 is 19.9 Å². The van der Waals surface area contributed by atoms with Gasteiger partial charge in [0.05, 0.1) is 12.7 Å². The highest BCUT2D eigenvalue weighted by Crippen LogP contribution is 2.51. The first-order chi connectivity index (χ1) is 18.5. The Morgan fingerprint density at radius 2 is 1.82 bits per heavy atom. The van der Waals surface area contributed by atoms with E-state index in [1.807, 2.05) is 7.05 Å². The second kappa shape index (κ2) is 12.0. The number of aliphatic imine (C=N–C) groups is 1. The third-order valence-electron chi connectivity index (χ3n) is 9.55. The molecule has 39 heavy (non-hydrogen) atoms. The van der Waals surface area contributed by atoms with Crippen molar-refractivity contribution in [3.8, 4) is 6.07 Å². The molecular formula is C30H50N6O3. The highest BCUT2D eigenvalue weighted by Gasteiger charge is 2.52. The van der Waals surface area contributed by atoms with Gasteiger partial charge >= 0.3 is 6.09 Å². The Morgan fingerprint density at radius 3 is 2.46 bits per heavy atom. The molecule has 0 aromatic carbocycles. The van der Waals surface area contributed by atoms with Crippen LogP contribution in [0, 0.1) is 28.6 Å². The number of carbonyl (C=O) groups is 2. The number of likely N-dealkylation sites (tertiary alicyclic amines) is 2. The fourth-order valence-electron chi connectivity index (χ4n) is 7.92. The van der Waals surface area contributed by atoms with Crippen molar-refractivity contribution in [2.45, 2.75) is 115 Å². The number of nitrogens with zero attached hydrogens (tertiary/aromatic N) is 4. The summed E-state index contributed by atoms with van der Waals surface area (Å²) in [5.41, 5.74) is -0.828. The van der Waals surface area contributed by atoms with Crippen molar-refractivity contribution in [1.82, 2.24) is 20.4 Å². The van der Waals surface area contributed by atoms with E-state index in [0.717, 1.165) is 51.7 Å². The van der Waals surface area contributed by atoms with Crippen molar-refractivity contribution < 1.29 is 14.3 Å². The van der Waals surface area contributed by atoms with Crippen LogP contribution in [0.2, 0.25) is 0 Å². The zero-order valence-electron chi connectivity index (χ0n) is 24.9. The Hall–Kier alpha value is -2.34. The molecule has 0 aromatic heterocycles. The maximum absolute atomic E-state index is 14.0. The number of rotatable bonds is 6. The zero-order chi connectivity index (χ0) is 28.3. The third kappa shape index (κ3) is 7.25. The fraction of sp³-hybridized carbons (Fsp3) is 0.867. The molecule has 2 saturated carbocycles. The average Bonchev–Trinajstić information content (AvgIpc) is 3.13. The van der Waals surface area contributed by atoms with E-state index >= 15 is 0 Å². The molecule has 9 nitrogen and oxygen atoms in total. The van der Waals surface area contributed by atoms with E-state index in [-0.39, 0.29) is 23.5 Å². The minimum Gasteiger partial charge on any atom is -0.450 e. The SMILES string of the molecule is CCOC(=O)N/C(=N/C(CC1CCCCC1)C(=O)NC1(C#N)CCN(C)CC1)N1CC2CC(C)(C)CC1(C)C2. The maximum Gasteiger partial charge on any atom is 0.413 e. The fourth-order valence-corrected chi connectivity index (χ4v) is 7.92. The molecule has 4 fully saturated rings. The van der Waals surface area contributed by atoms with Crippen LogP contribution in [0.5, 0.6) is 0 Å². The van der Waals surface area contributed by atoms with Crippen LogP contribution in [0.15, 0.2) is 4.99 Å². The summed E-state index contributed by atoms with van der Waals surface area (Å²) in [7, 11) is 2.04. The number of hydrogen-bond acceptors (Lipinski definition) is 6. The molecule has 2 bridgehead atoms. The Labute approximate surface area is 235 Å². The number of piperidine rings is 1. The summed E-state index contributed by atoms with van der Waals surface area (Å²) in [5, 5.41) is 16.2. The largest absolute Gasteiger partial charge is 0.450 e. The summed E-state index contributed by atoms with van der Waals surface area (Å²) >= 11 is 0. The number of guanidine groups is 1. The molecule has 2 aliphatic heterocycles. The molecule has 2 N–H and O–H groups in total. The molecule has 3 unspecified atom stereocenters. The second-order valence-electron chi connectivity index (χ2n) is 13.8. The molecule has 218 valence electrons. The number of carbonyl (C=O) groups excluding carboxylic acids is 2. The molecule has 2 aliphatic carbocycles. The molecule has 3 atom stereocenters. The van der Waals surface area contributed by atoms with Gasteiger partial charge in [-0.15, -0.1) is 0 Å². The first-order valence-corrected chi connectivity index (χ1v) is 15.2. The second-order valence-corrected chi connectivity index (χ2v) is 13.8. The predicted octanol–water partition coefficient (Wildman–Crippen LogP) is 4.43. The lowest BCUT2D eigenvalue weighted by atomic mass is 9.67. The third-order valence-corrected chi connectivity index (χ3v) is 9.55. The minimum atomic E-state index is -0.876. The smallest absolute Gasteiger partial charge is 0.413 e. The summed E-state index contributed by atoms with van der Waals surface area (Å²) in [5.74, 6) is 1.16. The predicted molar refractivity (Wildman–Crippen MR) is 152 cm³/mol. The normalized spacial score (nSPS) is 29.8. The van der Waals surface area contributed by atoms with E-state index in [9.17, 15) is 14.9 Å². The number of amides is 2. The van der Waals surface area contributed by atoms with Gasteiger partial charge in [-0.1, -0.05) is 46.0 Å². The number of alkyl carbamates (subject to hydrolysis) is 1. The Bertz CT molecular complexity index is 960. The summed E-state index contributed by atoms with van der Waals surface area (Å²) in [6.45, 7) is 11.3. The van der Waals surface area contributed by atoms with Crippen LogP contribution in [0.1, 0.15) is 98.3 Å². The standard InChI is InChI=1S/C30H50N6O3/c1-6-39-27(38)33-26(36-19-23-17-28(2,3)20-29(36,4)18-23)32-24(16-22-10-8-7-9-11-22)25(37)34-30(21-31)12-14-35(5)15-13-30/h22-24H,6-20H2,1-5H3,(H,34,37)(H,32,33,38). The molecule has 2 saturated heterocycles.